The van der Waals surface area contributed by atoms with Crippen molar-refractivity contribution >= 4 is 27.3 Å². The fourth-order valence-electron chi connectivity index (χ4n) is 2.82. The normalized spacial score (nSPS) is 11.0. The highest BCUT2D eigenvalue weighted by Gasteiger charge is 2.26. The van der Waals surface area contributed by atoms with Crippen molar-refractivity contribution in [3.8, 4) is 5.75 Å². The van der Waals surface area contributed by atoms with Gasteiger partial charge < -0.3 is 4.74 Å². The quantitative estimate of drug-likeness (QED) is 0.177. The molecule has 0 aliphatic carbocycles. The SMILES string of the molecule is CCC(=O)c1ccc(OC(=O)c2ccccc2S(=O)(=O)c2ccc([N+](=O)[O-])cc2)cc1. The molecule has 0 radical (unpaired) electrons. The van der Waals surface area contributed by atoms with Crippen LogP contribution in [0.2, 0.25) is 0 Å². The highest BCUT2D eigenvalue weighted by Crippen LogP contribution is 2.27. The van der Waals surface area contributed by atoms with Crippen LogP contribution in [0.1, 0.15) is 34.1 Å². The van der Waals surface area contributed by atoms with Gasteiger partial charge in [-0.1, -0.05) is 19.1 Å². The van der Waals surface area contributed by atoms with Gasteiger partial charge in [0.25, 0.3) is 5.69 Å². The molecule has 158 valence electrons. The largest absolute Gasteiger partial charge is 0.423 e. The first kappa shape index (κ1) is 21.8. The minimum absolute atomic E-state index is 0.0580. The van der Waals surface area contributed by atoms with Gasteiger partial charge >= 0.3 is 5.97 Å². The average Bonchev–Trinajstić information content (AvgIpc) is 2.79. The molecule has 8 nitrogen and oxygen atoms in total. The van der Waals surface area contributed by atoms with Crippen LogP contribution in [0.15, 0.2) is 82.6 Å². The smallest absolute Gasteiger partial charge is 0.344 e. The number of benzene rings is 3. The van der Waals surface area contributed by atoms with Gasteiger partial charge in [0.05, 0.1) is 20.3 Å². The summed E-state index contributed by atoms with van der Waals surface area (Å²) in [5.41, 5.74) is 0.0367. The molecular formula is C22H17NO7S. The molecule has 0 unspecified atom stereocenters. The number of sulfone groups is 1. The molecule has 0 aliphatic rings. The van der Waals surface area contributed by atoms with Crippen LogP contribution in [-0.2, 0) is 9.84 Å². The summed E-state index contributed by atoms with van der Waals surface area (Å²) in [7, 11) is -4.14. The Kier molecular flexibility index (Phi) is 6.26. The van der Waals surface area contributed by atoms with Crippen LogP contribution in [0, 0.1) is 10.1 Å². The van der Waals surface area contributed by atoms with Crippen LogP contribution in [0.25, 0.3) is 0 Å². The Morgan fingerprint density at radius 1 is 0.935 bits per heavy atom. The van der Waals surface area contributed by atoms with E-state index in [9.17, 15) is 28.1 Å². The molecule has 0 saturated heterocycles. The van der Waals surface area contributed by atoms with Crippen molar-refractivity contribution in [3.63, 3.8) is 0 Å². The second-order valence-electron chi connectivity index (χ2n) is 6.44. The van der Waals surface area contributed by atoms with Gasteiger partial charge in [-0.25, -0.2) is 13.2 Å². The van der Waals surface area contributed by atoms with E-state index in [0.29, 0.717) is 12.0 Å². The van der Waals surface area contributed by atoms with Crippen molar-refractivity contribution < 1.29 is 27.7 Å². The molecule has 0 bridgehead atoms. The lowest BCUT2D eigenvalue weighted by Crippen LogP contribution is -2.14. The molecule has 0 aromatic heterocycles. The molecule has 31 heavy (non-hydrogen) atoms. The average molecular weight is 439 g/mol. The fraction of sp³-hybridized carbons (Fsp3) is 0.0909. The molecule has 3 aromatic carbocycles. The van der Waals surface area contributed by atoms with Crippen molar-refractivity contribution in [1.29, 1.82) is 0 Å². The summed E-state index contributed by atoms with van der Waals surface area (Å²) < 4.78 is 31.3. The van der Waals surface area contributed by atoms with Gasteiger partial charge in [0.2, 0.25) is 9.84 Å². The van der Waals surface area contributed by atoms with Crippen LogP contribution in [-0.4, -0.2) is 25.1 Å². The number of non-ortho nitro benzene ring substituents is 1. The molecule has 0 heterocycles. The van der Waals surface area contributed by atoms with E-state index in [1.165, 1.54) is 48.5 Å². The molecule has 0 N–H and O–H groups in total. The number of carbonyl (C=O) groups excluding carboxylic acids is 2. The standard InChI is InChI=1S/C22H17NO7S/c1-2-20(24)15-7-11-17(12-8-15)30-22(25)19-5-3-4-6-21(19)31(28,29)18-13-9-16(10-14-18)23(26)27/h3-14H,2H2,1H3. The lowest BCUT2D eigenvalue weighted by Gasteiger charge is -2.11. The Hall–Kier alpha value is -3.85. The number of nitro groups is 1. The molecule has 3 rings (SSSR count). The molecule has 0 aliphatic heterocycles. The second kappa shape index (κ2) is 8.88. The first-order valence-corrected chi connectivity index (χ1v) is 10.7. The van der Waals surface area contributed by atoms with Gasteiger partial charge in [0.15, 0.2) is 5.78 Å². The Balaban J connectivity index is 1.91. The number of hydrogen-bond donors (Lipinski definition) is 0. The summed E-state index contributed by atoms with van der Waals surface area (Å²) in [4.78, 5) is 34.1. The first-order chi connectivity index (χ1) is 14.7. The zero-order valence-electron chi connectivity index (χ0n) is 16.3. The third-order valence-electron chi connectivity index (χ3n) is 4.46. The van der Waals surface area contributed by atoms with E-state index in [-0.39, 0.29) is 32.6 Å². The molecule has 0 spiro atoms. The molecule has 0 saturated carbocycles. The number of carbonyl (C=O) groups is 2. The number of rotatable bonds is 7. The summed E-state index contributed by atoms with van der Waals surface area (Å²) in [6, 6.07) is 15.9. The summed E-state index contributed by atoms with van der Waals surface area (Å²) in [6.45, 7) is 1.73. The third-order valence-corrected chi connectivity index (χ3v) is 6.29. The number of Topliss-reactive ketones (excluding diaryl/α,β-unsaturated/α-hetero) is 1. The summed E-state index contributed by atoms with van der Waals surface area (Å²) in [5.74, 6) is -0.798. The van der Waals surface area contributed by atoms with Crippen LogP contribution >= 0.6 is 0 Å². The number of esters is 1. The van der Waals surface area contributed by atoms with Crippen LogP contribution < -0.4 is 4.74 Å². The Morgan fingerprint density at radius 3 is 2.13 bits per heavy atom. The molecule has 9 heteroatoms. The second-order valence-corrected chi connectivity index (χ2v) is 8.36. The van der Waals surface area contributed by atoms with Gasteiger partial charge in [-0.3, -0.25) is 14.9 Å². The van der Waals surface area contributed by atoms with Crippen molar-refractivity contribution in [2.24, 2.45) is 0 Å². The van der Waals surface area contributed by atoms with Gasteiger partial charge in [0.1, 0.15) is 5.75 Å². The molecule has 3 aromatic rings. The molecule has 0 fully saturated rings. The maximum atomic E-state index is 13.0. The van der Waals surface area contributed by atoms with Crippen LogP contribution in [0.5, 0.6) is 5.75 Å². The highest BCUT2D eigenvalue weighted by atomic mass is 32.2. The van der Waals surface area contributed by atoms with E-state index in [1.54, 1.807) is 6.92 Å². The predicted molar refractivity (Wildman–Crippen MR) is 111 cm³/mol. The topological polar surface area (TPSA) is 121 Å². The van der Waals surface area contributed by atoms with E-state index >= 15 is 0 Å². The van der Waals surface area contributed by atoms with Gasteiger partial charge in [-0.2, -0.15) is 0 Å². The Morgan fingerprint density at radius 2 is 1.55 bits per heavy atom. The predicted octanol–water partition coefficient (Wildman–Crippen LogP) is 4.24. The van der Waals surface area contributed by atoms with Crippen LogP contribution in [0.3, 0.4) is 0 Å². The zero-order chi connectivity index (χ0) is 22.6. The zero-order valence-corrected chi connectivity index (χ0v) is 17.2. The fourth-order valence-corrected chi connectivity index (χ4v) is 4.27. The van der Waals surface area contributed by atoms with E-state index in [1.807, 2.05) is 0 Å². The lowest BCUT2D eigenvalue weighted by molar-refractivity contribution is -0.384. The summed E-state index contributed by atoms with van der Waals surface area (Å²) >= 11 is 0. The summed E-state index contributed by atoms with van der Waals surface area (Å²) in [5, 5.41) is 10.8. The monoisotopic (exact) mass is 439 g/mol. The number of ether oxygens (including phenoxy) is 1. The van der Waals surface area contributed by atoms with Crippen LogP contribution in [0.4, 0.5) is 5.69 Å². The summed E-state index contributed by atoms with van der Waals surface area (Å²) in [6.07, 6.45) is 0.340. The van der Waals surface area contributed by atoms with E-state index in [2.05, 4.69) is 0 Å². The molecular weight excluding hydrogens is 422 g/mol. The number of nitro benzene ring substituents is 1. The van der Waals surface area contributed by atoms with Crippen molar-refractivity contribution in [2.45, 2.75) is 23.1 Å². The van der Waals surface area contributed by atoms with E-state index < -0.39 is 20.7 Å². The van der Waals surface area contributed by atoms with Gasteiger partial charge in [0, 0.05) is 24.1 Å². The Labute approximate surface area is 178 Å². The minimum Gasteiger partial charge on any atom is -0.423 e. The van der Waals surface area contributed by atoms with Crippen molar-refractivity contribution in [2.75, 3.05) is 0 Å². The lowest BCUT2D eigenvalue weighted by atomic mass is 10.1. The number of ketones is 1. The van der Waals surface area contributed by atoms with E-state index in [4.69, 9.17) is 4.74 Å². The van der Waals surface area contributed by atoms with Gasteiger partial charge in [-0.15, -0.1) is 0 Å². The first-order valence-electron chi connectivity index (χ1n) is 9.18. The van der Waals surface area contributed by atoms with E-state index in [0.717, 1.165) is 24.3 Å². The number of nitrogens with zero attached hydrogens (tertiary/aromatic N) is 1. The maximum Gasteiger partial charge on any atom is 0.344 e. The molecule has 0 atom stereocenters. The number of hydrogen-bond acceptors (Lipinski definition) is 7. The third kappa shape index (κ3) is 4.67. The van der Waals surface area contributed by atoms with Crippen molar-refractivity contribution in [3.05, 3.63) is 94.0 Å². The van der Waals surface area contributed by atoms with Crippen molar-refractivity contribution in [1.82, 2.24) is 0 Å². The maximum absolute atomic E-state index is 13.0. The minimum atomic E-state index is -4.14. The highest BCUT2D eigenvalue weighted by molar-refractivity contribution is 7.91. The van der Waals surface area contributed by atoms with Gasteiger partial charge in [-0.05, 0) is 48.5 Å². The molecule has 0 amide bonds. The Bertz CT molecular complexity index is 1250.